The fraction of sp³-hybridized carbons (Fsp3) is 0.391. The van der Waals surface area contributed by atoms with Crippen molar-refractivity contribution in [2.24, 2.45) is 0 Å². The van der Waals surface area contributed by atoms with E-state index in [9.17, 15) is 9.59 Å². The van der Waals surface area contributed by atoms with Gasteiger partial charge in [0.05, 0.1) is 13.7 Å². The van der Waals surface area contributed by atoms with E-state index in [1.807, 2.05) is 18.2 Å². The Morgan fingerprint density at radius 1 is 0.828 bits per heavy atom. The lowest BCUT2D eigenvalue weighted by Gasteiger charge is -2.12. The minimum absolute atomic E-state index is 0.165. The van der Waals surface area contributed by atoms with Crippen LogP contribution in [0.4, 0.5) is 0 Å². The van der Waals surface area contributed by atoms with Crippen molar-refractivity contribution in [1.29, 1.82) is 0 Å². The number of unbranched alkanes of at least 4 members (excludes halogenated alkanes) is 3. The van der Waals surface area contributed by atoms with Crippen LogP contribution in [0.15, 0.2) is 48.5 Å². The maximum Gasteiger partial charge on any atom is 0.251 e. The summed E-state index contributed by atoms with van der Waals surface area (Å²) in [4.78, 5) is 24.3. The van der Waals surface area contributed by atoms with Gasteiger partial charge in [0.2, 0.25) is 0 Å². The highest BCUT2D eigenvalue weighted by molar-refractivity contribution is 5.95. The highest BCUT2D eigenvalue weighted by Crippen LogP contribution is 2.28. The molecule has 6 nitrogen and oxygen atoms in total. The van der Waals surface area contributed by atoms with Crippen molar-refractivity contribution in [2.75, 3.05) is 26.8 Å². The van der Waals surface area contributed by atoms with Gasteiger partial charge in [-0.1, -0.05) is 44.4 Å². The molecule has 0 saturated heterocycles. The molecule has 0 aliphatic heterocycles. The molecule has 0 aliphatic carbocycles. The quantitative estimate of drug-likeness (QED) is 0.533. The van der Waals surface area contributed by atoms with Crippen LogP contribution < -0.4 is 20.1 Å². The first kappa shape index (κ1) is 22.3. The van der Waals surface area contributed by atoms with Crippen LogP contribution in [-0.4, -0.2) is 38.6 Å². The summed E-state index contributed by atoms with van der Waals surface area (Å²) in [6.45, 7) is 3.47. The van der Waals surface area contributed by atoms with Gasteiger partial charge in [0.25, 0.3) is 11.8 Å². The summed E-state index contributed by atoms with van der Waals surface area (Å²) < 4.78 is 11.1. The number of carbonyl (C=O) groups is 2. The van der Waals surface area contributed by atoms with Gasteiger partial charge in [-0.25, -0.2) is 0 Å². The minimum atomic E-state index is -0.230. The molecule has 0 fully saturated rings. The fourth-order valence-corrected chi connectivity index (χ4v) is 2.78. The number of ether oxygens (including phenoxy) is 2. The van der Waals surface area contributed by atoms with E-state index in [0.29, 0.717) is 42.3 Å². The molecular weight excluding hydrogens is 368 g/mol. The fourth-order valence-electron chi connectivity index (χ4n) is 2.78. The molecule has 29 heavy (non-hydrogen) atoms. The molecule has 0 saturated carbocycles. The average molecular weight is 399 g/mol. The normalized spacial score (nSPS) is 10.3. The maximum atomic E-state index is 12.4. The molecule has 6 heteroatoms. The number of benzene rings is 2. The second-order valence-electron chi connectivity index (χ2n) is 6.65. The monoisotopic (exact) mass is 398 g/mol. The molecule has 0 heterocycles. The lowest BCUT2D eigenvalue weighted by molar-refractivity contribution is 0.0927. The Morgan fingerprint density at radius 3 is 2.17 bits per heavy atom. The van der Waals surface area contributed by atoms with E-state index in [1.165, 1.54) is 12.8 Å². The highest BCUT2D eigenvalue weighted by Gasteiger charge is 2.11. The van der Waals surface area contributed by atoms with Crippen molar-refractivity contribution < 1.29 is 19.1 Å². The van der Waals surface area contributed by atoms with Gasteiger partial charge in [-0.3, -0.25) is 9.59 Å². The SMILES string of the molecule is CCCCCCOc1ccc(C(=O)NCCNC(=O)c2ccccc2)cc1OC. The summed E-state index contributed by atoms with van der Waals surface area (Å²) in [6.07, 6.45) is 4.52. The van der Waals surface area contributed by atoms with Gasteiger partial charge in [0, 0.05) is 24.2 Å². The first-order valence-electron chi connectivity index (χ1n) is 10.1. The first-order chi connectivity index (χ1) is 14.2. The van der Waals surface area contributed by atoms with Gasteiger partial charge < -0.3 is 20.1 Å². The van der Waals surface area contributed by atoms with Gasteiger partial charge in [-0.15, -0.1) is 0 Å². The standard InChI is InChI=1S/C23H30N2O4/c1-3-4-5-9-16-29-20-13-12-19(17-21(20)28-2)23(27)25-15-14-24-22(26)18-10-7-6-8-11-18/h6-8,10-13,17H,3-5,9,14-16H2,1-2H3,(H,24,26)(H,25,27). The molecule has 2 N–H and O–H groups in total. The number of hydrogen-bond acceptors (Lipinski definition) is 4. The smallest absolute Gasteiger partial charge is 0.251 e. The Bertz CT molecular complexity index is 778. The zero-order valence-corrected chi connectivity index (χ0v) is 17.2. The summed E-state index contributed by atoms with van der Waals surface area (Å²) in [7, 11) is 1.56. The zero-order chi connectivity index (χ0) is 20.9. The number of carbonyl (C=O) groups excluding carboxylic acids is 2. The van der Waals surface area contributed by atoms with Crippen molar-refractivity contribution in [3.63, 3.8) is 0 Å². The van der Waals surface area contributed by atoms with Gasteiger partial charge in [0.1, 0.15) is 0 Å². The Morgan fingerprint density at radius 2 is 1.52 bits per heavy atom. The molecule has 2 aromatic rings. The van der Waals surface area contributed by atoms with Crippen molar-refractivity contribution >= 4 is 11.8 Å². The molecule has 0 bridgehead atoms. The van der Waals surface area contributed by atoms with Crippen molar-refractivity contribution in [3.8, 4) is 11.5 Å². The van der Waals surface area contributed by atoms with Gasteiger partial charge >= 0.3 is 0 Å². The van der Waals surface area contributed by atoms with Crippen LogP contribution in [0.2, 0.25) is 0 Å². The molecule has 0 aliphatic rings. The largest absolute Gasteiger partial charge is 0.493 e. The maximum absolute atomic E-state index is 12.4. The van der Waals surface area contributed by atoms with Gasteiger partial charge in [-0.05, 0) is 36.8 Å². The Balaban J connectivity index is 1.78. The third-order valence-electron chi connectivity index (χ3n) is 4.41. The molecular formula is C23H30N2O4. The third kappa shape index (κ3) is 7.49. The number of methoxy groups -OCH3 is 1. The predicted octanol–water partition coefficient (Wildman–Crippen LogP) is 3.81. The van der Waals surface area contributed by atoms with Gasteiger partial charge in [-0.2, -0.15) is 0 Å². The number of nitrogens with one attached hydrogen (secondary N) is 2. The molecule has 0 aromatic heterocycles. The molecule has 0 atom stereocenters. The van der Waals surface area contributed by atoms with E-state index < -0.39 is 0 Å². The lowest BCUT2D eigenvalue weighted by atomic mass is 10.2. The summed E-state index contributed by atoms with van der Waals surface area (Å²) in [6, 6.07) is 14.1. The van der Waals surface area contributed by atoms with Crippen LogP contribution in [0, 0.1) is 0 Å². The third-order valence-corrected chi connectivity index (χ3v) is 4.41. The van der Waals surface area contributed by atoms with E-state index >= 15 is 0 Å². The molecule has 0 spiro atoms. The average Bonchev–Trinajstić information content (AvgIpc) is 2.76. The van der Waals surface area contributed by atoms with E-state index in [0.717, 1.165) is 12.8 Å². The second-order valence-corrected chi connectivity index (χ2v) is 6.65. The molecule has 0 radical (unpaired) electrons. The van der Waals surface area contributed by atoms with Crippen molar-refractivity contribution in [2.45, 2.75) is 32.6 Å². The molecule has 2 rings (SSSR count). The summed E-state index contributed by atoms with van der Waals surface area (Å²) in [5, 5.41) is 5.57. The second kappa shape index (κ2) is 12.4. The molecule has 2 amide bonds. The molecule has 156 valence electrons. The number of rotatable bonds is 12. The molecule has 2 aromatic carbocycles. The van der Waals surface area contributed by atoms with Crippen LogP contribution in [0.5, 0.6) is 11.5 Å². The van der Waals surface area contributed by atoms with Crippen LogP contribution in [0.1, 0.15) is 53.3 Å². The topological polar surface area (TPSA) is 76.7 Å². The van der Waals surface area contributed by atoms with E-state index in [2.05, 4.69) is 17.6 Å². The lowest BCUT2D eigenvalue weighted by Crippen LogP contribution is -2.34. The Labute approximate surface area is 172 Å². The predicted molar refractivity (Wildman–Crippen MR) is 114 cm³/mol. The van der Waals surface area contributed by atoms with Crippen LogP contribution in [0.3, 0.4) is 0 Å². The van der Waals surface area contributed by atoms with E-state index in [1.54, 1.807) is 37.4 Å². The van der Waals surface area contributed by atoms with E-state index in [4.69, 9.17) is 9.47 Å². The van der Waals surface area contributed by atoms with Crippen LogP contribution in [-0.2, 0) is 0 Å². The Hall–Kier alpha value is -3.02. The summed E-state index contributed by atoms with van der Waals surface area (Å²) >= 11 is 0. The molecule has 0 unspecified atom stereocenters. The summed E-state index contributed by atoms with van der Waals surface area (Å²) in [5.41, 5.74) is 1.07. The zero-order valence-electron chi connectivity index (χ0n) is 17.2. The number of amides is 2. The van der Waals surface area contributed by atoms with Crippen LogP contribution >= 0.6 is 0 Å². The van der Waals surface area contributed by atoms with Crippen molar-refractivity contribution in [3.05, 3.63) is 59.7 Å². The van der Waals surface area contributed by atoms with Crippen LogP contribution in [0.25, 0.3) is 0 Å². The van der Waals surface area contributed by atoms with Gasteiger partial charge in [0.15, 0.2) is 11.5 Å². The highest BCUT2D eigenvalue weighted by atomic mass is 16.5. The number of hydrogen-bond donors (Lipinski definition) is 2. The van der Waals surface area contributed by atoms with Crippen molar-refractivity contribution in [1.82, 2.24) is 10.6 Å². The van der Waals surface area contributed by atoms with E-state index in [-0.39, 0.29) is 11.8 Å². The summed E-state index contributed by atoms with van der Waals surface area (Å²) in [5.74, 6) is 0.773. The first-order valence-corrected chi connectivity index (χ1v) is 10.1. The minimum Gasteiger partial charge on any atom is -0.493 e. The Kier molecular flexibility index (Phi) is 9.55.